The van der Waals surface area contributed by atoms with Gasteiger partial charge in [0.25, 0.3) is 10.1 Å². The highest BCUT2D eigenvalue weighted by atomic mass is 35.5. The molecule has 0 saturated carbocycles. The molecule has 1 aromatic rings. The quantitative estimate of drug-likeness (QED) is 0.560. The van der Waals surface area contributed by atoms with Crippen LogP contribution in [0.3, 0.4) is 0 Å². The highest BCUT2D eigenvalue weighted by Gasteiger charge is 2.04. The SMILES string of the molecule is CC.Cc1ccc(Cl)c(OCCCCCCS(=O)(=O)O)c1. The van der Waals surface area contributed by atoms with Gasteiger partial charge in [0.05, 0.1) is 17.4 Å². The molecular weight excluding hydrogens is 312 g/mol. The molecule has 1 rings (SSSR count). The Kier molecular flexibility index (Phi) is 10.5. The molecule has 0 fully saturated rings. The number of halogens is 1. The highest BCUT2D eigenvalue weighted by molar-refractivity contribution is 7.85. The standard InChI is InChI=1S/C13H19ClO4S.C2H6/c1-11-6-7-12(14)13(10-11)18-8-4-2-3-5-9-19(15,16)17;1-2/h6-7,10H,2-5,8-9H2,1H3,(H,15,16,17);1-2H3. The highest BCUT2D eigenvalue weighted by Crippen LogP contribution is 2.25. The van der Waals surface area contributed by atoms with E-state index in [4.69, 9.17) is 20.9 Å². The Morgan fingerprint density at radius 1 is 1.14 bits per heavy atom. The number of ether oxygens (including phenoxy) is 1. The third-order valence-corrected chi connectivity index (χ3v) is 3.76. The molecule has 0 heterocycles. The maximum atomic E-state index is 10.5. The van der Waals surface area contributed by atoms with Crippen molar-refractivity contribution in [2.45, 2.75) is 46.5 Å². The molecule has 0 aliphatic rings. The van der Waals surface area contributed by atoms with E-state index in [9.17, 15) is 8.42 Å². The van der Waals surface area contributed by atoms with Crippen LogP contribution in [-0.2, 0) is 10.1 Å². The first kappa shape index (κ1) is 20.2. The zero-order chi connectivity index (χ0) is 16.3. The summed E-state index contributed by atoms with van der Waals surface area (Å²) in [6.45, 7) is 6.52. The number of hydrogen-bond donors (Lipinski definition) is 1. The lowest BCUT2D eigenvalue weighted by Gasteiger charge is -2.08. The molecule has 0 spiro atoms. The molecule has 21 heavy (non-hydrogen) atoms. The second kappa shape index (κ2) is 10.9. The van der Waals surface area contributed by atoms with Crippen molar-refractivity contribution in [1.29, 1.82) is 0 Å². The maximum absolute atomic E-state index is 10.5. The number of aryl methyl sites for hydroxylation is 1. The fourth-order valence-electron chi connectivity index (χ4n) is 1.64. The zero-order valence-electron chi connectivity index (χ0n) is 12.9. The average Bonchev–Trinajstić information content (AvgIpc) is 2.42. The van der Waals surface area contributed by atoms with Gasteiger partial charge in [0.2, 0.25) is 0 Å². The fraction of sp³-hybridized carbons (Fsp3) is 0.600. The van der Waals surface area contributed by atoms with Gasteiger partial charge >= 0.3 is 0 Å². The second-order valence-corrected chi connectivity index (χ2v) is 6.46. The van der Waals surface area contributed by atoms with Crippen LogP contribution in [0.25, 0.3) is 0 Å². The van der Waals surface area contributed by atoms with E-state index in [1.165, 1.54) is 0 Å². The van der Waals surface area contributed by atoms with E-state index in [-0.39, 0.29) is 5.75 Å². The van der Waals surface area contributed by atoms with Gasteiger partial charge in [-0.3, -0.25) is 4.55 Å². The number of benzene rings is 1. The van der Waals surface area contributed by atoms with Crippen molar-refractivity contribution in [3.8, 4) is 5.75 Å². The van der Waals surface area contributed by atoms with Crippen LogP contribution in [0.2, 0.25) is 5.02 Å². The van der Waals surface area contributed by atoms with Crippen molar-refractivity contribution < 1.29 is 17.7 Å². The van der Waals surface area contributed by atoms with Gasteiger partial charge in [0, 0.05) is 0 Å². The van der Waals surface area contributed by atoms with E-state index in [0.29, 0.717) is 23.8 Å². The predicted molar refractivity (Wildman–Crippen MR) is 87.9 cm³/mol. The number of rotatable bonds is 8. The Morgan fingerprint density at radius 3 is 2.38 bits per heavy atom. The van der Waals surface area contributed by atoms with Gasteiger partial charge in [-0.25, -0.2) is 0 Å². The third-order valence-electron chi connectivity index (χ3n) is 2.64. The largest absolute Gasteiger partial charge is 0.492 e. The summed E-state index contributed by atoms with van der Waals surface area (Å²) in [6.07, 6.45) is 2.92. The summed E-state index contributed by atoms with van der Waals surface area (Å²) in [5.74, 6) is 0.511. The Morgan fingerprint density at radius 2 is 1.76 bits per heavy atom. The van der Waals surface area contributed by atoms with E-state index >= 15 is 0 Å². The minimum absolute atomic E-state index is 0.169. The minimum atomic E-state index is -3.82. The van der Waals surface area contributed by atoms with Crippen molar-refractivity contribution in [1.82, 2.24) is 0 Å². The van der Waals surface area contributed by atoms with Gasteiger partial charge in [-0.05, 0) is 37.5 Å². The first-order valence-corrected chi connectivity index (χ1v) is 9.21. The first-order chi connectivity index (χ1) is 9.88. The topological polar surface area (TPSA) is 63.6 Å². The van der Waals surface area contributed by atoms with E-state index in [0.717, 1.165) is 24.8 Å². The van der Waals surface area contributed by atoms with Crippen LogP contribution >= 0.6 is 11.6 Å². The summed E-state index contributed by atoms with van der Waals surface area (Å²) >= 11 is 5.99. The van der Waals surface area contributed by atoms with Crippen molar-refractivity contribution in [2.24, 2.45) is 0 Å². The lowest BCUT2D eigenvalue weighted by Crippen LogP contribution is -2.04. The molecule has 0 aliphatic carbocycles. The van der Waals surface area contributed by atoms with Crippen LogP contribution in [-0.4, -0.2) is 25.3 Å². The smallest absolute Gasteiger partial charge is 0.264 e. The molecule has 122 valence electrons. The Balaban J connectivity index is 0.00000191. The Bertz CT molecular complexity index is 500. The molecular formula is C15H25ClO4S. The molecule has 1 aromatic carbocycles. The van der Waals surface area contributed by atoms with Crippen LogP contribution in [0.1, 0.15) is 45.1 Å². The summed E-state index contributed by atoms with van der Waals surface area (Å²) < 4.78 is 35.1. The van der Waals surface area contributed by atoms with Gasteiger partial charge in [-0.1, -0.05) is 44.4 Å². The summed E-state index contributed by atoms with van der Waals surface area (Å²) in [5.41, 5.74) is 1.09. The molecule has 0 amide bonds. The molecule has 4 nitrogen and oxygen atoms in total. The van der Waals surface area contributed by atoms with E-state index in [2.05, 4.69) is 0 Å². The van der Waals surface area contributed by atoms with E-state index < -0.39 is 10.1 Å². The fourth-order valence-corrected chi connectivity index (χ4v) is 2.38. The molecule has 0 saturated heterocycles. The second-order valence-electron chi connectivity index (χ2n) is 4.48. The molecule has 1 N–H and O–H groups in total. The third kappa shape index (κ3) is 10.6. The summed E-state index contributed by atoms with van der Waals surface area (Å²) in [4.78, 5) is 0. The molecule has 6 heteroatoms. The van der Waals surface area contributed by atoms with Crippen molar-refractivity contribution in [3.05, 3.63) is 28.8 Å². The van der Waals surface area contributed by atoms with Gasteiger partial charge in [-0.2, -0.15) is 8.42 Å². The first-order valence-electron chi connectivity index (χ1n) is 7.22. The van der Waals surface area contributed by atoms with Gasteiger partial charge < -0.3 is 4.74 Å². The predicted octanol–water partition coefficient (Wildman–Crippen LogP) is 4.50. The van der Waals surface area contributed by atoms with Crippen molar-refractivity contribution in [3.63, 3.8) is 0 Å². The molecule has 0 aliphatic heterocycles. The monoisotopic (exact) mass is 336 g/mol. The minimum Gasteiger partial charge on any atom is -0.492 e. The maximum Gasteiger partial charge on any atom is 0.264 e. The van der Waals surface area contributed by atoms with Crippen LogP contribution in [0, 0.1) is 6.92 Å². The molecule has 0 unspecified atom stereocenters. The van der Waals surface area contributed by atoms with E-state index in [1.807, 2.05) is 32.9 Å². The summed E-state index contributed by atoms with van der Waals surface area (Å²) in [6, 6.07) is 5.61. The molecule has 0 atom stereocenters. The average molecular weight is 337 g/mol. The summed E-state index contributed by atoms with van der Waals surface area (Å²) in [7, 11) is -3.82. The van der Waals surface area contributed by atoms with Crippen molar-refractivity contribution >= 4 is 21.7 Å². The van der Waals surface area contributed by atoms with Crippen LogP contribution < -0.4 is 4.74 Å². The van der Waals surface area contributed by atoms with E-state index in [1.54, 1.807) is 6.07 Å². The van der Waals surface area contributed by atoms with Crippen molar-refractivity contribution in [2.75, 3.05) is 12.4 Å². The lowest BCUT2D eigenvalue weighted by atomic mass is 10.2. The molecule has 0 radical (unpaired) electrons. The normalized spacial score (nSPS) is 10.7. The van der Waals surface area contributed by atoms with Gasteiger partial charge in [-0.15, -0.1) is 0 Å². The van der Waals surface area contributed by atoms with Crippen LogP contribution in [0.5, 0.6) is 5.75 Å². The number of hydrogen-bond acceptors (Lipinski definition) is 3. The van der Waals surface area contributed by atoms with Gasteiger partial charge in [0.15, 0.2) is 0 Å². The lowest BCUT2D eigenvalue weighted by molar-refractivity contribution is 0.305. The van der Waals surface area contributed by atoms with Gasteiger partial charge in [0.1, 0.15) is 5.75 Å². The zero-order valence-corrected chi connectivity index (χ0v) is 14.5. The summed E-state index contributed by atoms with van der Waals surface area (Å²) in [5, 5.41) is 0.594. The molecule has 0 bridgehead atoms. The Labute approximate surface area is 133 Å². The Hall–Kier alpha value is -0.780. The number of unbranched alkanes of at least 4 members (excludes halogenated alkanes) is 3. The molecule has 0 aromatic heterocycles. The van der Waals surface area contributed by atoms with Crippen LogP contribution in [0.4, 0.5) is 0 Å². The van der Waals surface area contributed by atoms with Crippen LogP contribution in [0.15, 0.2) is 18.2 Å².